The van der Waals surface area contributed by atoms with Crippen LogP contribution in [0.25, 0.3) is 0 Å². The van der Waals surface area contributed by atoms with Gasteiger partial charge in [0, 0.05) is 10.8 Å². The van der Waals surface area contributed by atoms with Crippen LogP contribution in [0.5, 0.6) is 0 Å². The summed E-state index contributed by atoms with van der Waals surface area (Å²) in [6.07, 6.45) is 0. The third-order valence-electron chi connectivity index (χ3n) is 2.45. The fourth-order valence-corrected chi connectivity index (χ4v) is 1.60. The second-order valence-corrected chi connectivity index (χ2v) is 6.27. The zero-order valence-corrected chi connectivity index (χ0v) is 11.4. The highest BCUT2D eigenvalue weighted by Crippen LogP contribution is 2.29. The maximum atomic E-state index is 9.17. The van der Waals surface area contributed by atoms with E-state index in [4.69, 9.17) is 11.0 Å². The van der Waals surface area contributed by atoms with Gasteiger partial charge < -0.3 is 5.73 Å². The van der Waals surface area contributed by atoms with Crippen LogP contribution in [0.3, 0.4) is 0 Å². The molecule has 92 valence electrons. The Labute approximate surface area is 103 Å². The van der Waals surface area contributed by atoms with Gasteiger partial charge in [-0.3, -0.25) is 0 Å². The lowest BCUT2D eigenvalue weighted by molar-refractivity contribution is 0.540. The van der Waals surface area contributed by atoms with Crippen LogP contribution in [0.4, 0.5) is 5.82 Å². The Kier molecular flexibility index (Phi) is 3.15. The summed E-state index contributed by atoms with van der Waals surface area (Å²) in [5, 5.41) is 9.17. The fraction of sp³-hybridized carbons (Fsp3) is 0.615. The van der Waals surface area contributed by atoms with Gasteiger partial charge >= 0.3 is 0 Å². The number of anilines is 1. The third-order valence-corrected chi connectivity index (χ3v) is 2.45. The van der Waals surface area contributed by atoms with E-state index in [1.807, 2.05) is 41.5 Å². The highest BCUT2D eigenvalue weighted by atomic mass is 14.9. The van der Waals surface area contributed by atoms with Crippen molar-refractivity contribution in [3.8, 4) is 6.07 Å². The van der Waals surface area contributed by atoms with Crippen LogP contribution in [0, 0.1) is 11.3 Å². The van der Waals surface area contributed by atoms with Gasteiger partial charge in [0.15, 0.2) is 5.69 Å². The summed E-state index contributed by atoms with van der Waals surface area (Å²) in [5.41, 5.74) is 7.21. The molecule has 0 aliphatic rings. The molecule has 0 unspecified atom stereocenters. The molecule has 4 heteroatoms. The average molecular weight is 232 g/mol. The summed E-state index contributed by atoms with van der Waals surface area (Å²) in [6.45, 7) is 12.0. The second-order valence-electron chi connectivity index (χ2n) is 6.27. The monoisotopic (exact) mass is 232 g/mol. The van der Waals surface area contributed by atoms with Crippen LogP contribution in [0.15, 0.2) is 0 Å². The Morgan fingerprint density at radius 1 is 0.941 bits per heavy atom. The summed E-state index contributed by atoms with van der Waals surface area (Å²) < 4.78 is 0. The molecule has 1 aromatic rings. The summed E-state index contributed by atoms with van der Waals surface area (Å²) in [7, 11) is 0. The lowest BCUT2D eigenvalue weighted by atomic mass is 9.88. The fourth-order valence-electron chi connectivity index (χ4n) is 1.60. The molecule has 0 amide bonds. The molecule has 0 saturated heterocycles. The van der Waals surface area contributed by atoms with Gasteiger partial charge in [-0.15, -0.1) is 0 Å². The van der Waals surface area contributed by atoms with E-state index in [9.17, 15) is 0 Å². The first kappa shape index (κ1) is 13.4. The molecule has 0 atom stereocenters. The number of rotatable bonds is 0. The van der Waals surface area contributed by atoms with E-state index in [0.29, 0.717) is 22.9 Å². The molecule has 1 rings (SSSR count). The van der Waals surface area contributed by atoms with Crippen molar-refractivity contribution >= 4 is 5.82 Å². The highest BCUT2D eigenvalue weighted by molar-refractivity contribution is 5.45. The molecule has 0 aliphatic carbocycles. The predicted molar refractivity (Wildman–Crippen MR) is 68.6 cm³/mol. The van der Waals surface area contributed by atoms with Crippen LogP contribution < -0.4 is 5.73 Å². The SMILES string of the molecule is CC(C)(C)c1nc(C#N)c(C(C)(C)C)nc1N. The van der Waals surface area contributed by atoms with Gasteiger partial charge in [0.05, 0.1) is 11.4 Å². The van der Waals surface area contributed by atoms with Gasteiger partial charge in [0.1, 0.15) is 11.9 Å². The number of nitrogens with two attached hydrogens (primary N) is 1. The average Bonchev–Trinajstić information content (AvgIpc) is 2.14. The largest absolute Gasteiger partial charge is 0.382 e. The van der Waals surface area contributed by atoms with Crippen molar-refractivity contribution in [2.75, 3.05) is 5.73 Å². The number of aromatic nitrogens is 2. The number of nitrogen functional groups attached to an aromatic ring is 1. The molecule has 0 spiro atoms. The molecular formula is C13H20N4. The van der Waals surface area contributed by atoms with Gasteiger partial charge in [-0.2, -0.15) is 5.26 Å². The normalized spacial score (nSPS) is 12.3. The molecule has 0 radical (unpaired) electrons. The molecule has 1 aromatic heterocycles. The summed E-state index contributed by atoms with van der Waals surface area (Å²) >= 11 is 0. The zero-order chi connectivity index (χ0) is 13.4. The molecular weight excluding hydrogens is 212 g/mol. The Morgan fingerprint density at radius 2 is 1.41 bits per heavy atom. The Bertz CT molecular complexity index is 470. The van der Waals surface area contributed by atoms with E-state index in [1.165, 1.54) is 0 Å². The molecule has 0 fully saturated rings. The lowest BCUT2D eigenvalue weighted by Crippen LogP contribution is -2.23. The molecule has 17 heavy (non-hydrogen) atoms. The van der Waals surface area contributed by atoms with Crippen molar-refractivity contribution < 1.29 is 0 Å². The van der Waals surface area contributed by atoms with Crippen LogP contribution in [0.2, 0.25) is 0 Å². The first-order chi connectivity index (χ1) is 7.57. The molecule has 1 heterocycles. The minimum Gasteiger partial charge on any atom is -0.382 e. The molecule has 2 N–H and O–H groups in total. The van der Waals surface area contributed by atoms with Gasteiger partial charge in [-0.05, 0) is 0 Å². The molecule has 0 bridgehead atoms. The van der Waals surface area contributed by atoms with Crippen LogP contribution in [0.1, 0.15) is 58.6 Å². The van der Waals surface area contributed by atoms with Gasteiger partial charge in [-0.25, -0.2) is 9.97 Å². The van der Waals surface area contributed by atoms with E-state index in [-0.39, 0.29) is 10.8 Å². The smallest absolute Gasteiger partial charge is 0.163 e. The van der Waals surface area contributed by atoms with Gasteiger partial charge in [-0.1, -0.05) is 41.5 Å². The minimum absolute atomic E-state index is 0.209. The first-order valence-corrected chi connectivity index (χ1v) is 5.66. The van der Waals surface area contributed by atoms with Crippen molar-refractivity contribution in [1.82, 2.24) is 9.97 Å². The number of nitriles is 1. The van der Waals surface area contributed by atoms with E-state index >= 15 is 0 Å². The molecule has 4 nitrogen and oxygen atoms in total. The number of hydrogen-bond acceptors (Lipinski definition) is 4. The van der Waals surface area contributed by atoms with Crippen molar-refractivity contribution in [1.29, 1.82) is 5.26 Å². The summed E-state index contributed by atoms with van der Waals surface area (Å²) in [6, 6.07) is 2.11. The second kappa shape index (κ2) is 3.99. The maximum Gasteiger partial charge on any atom is 0.163 e. The Balaban J connectivity index is 3.53. The number of hydrogen-bond donors (Lipinski definition) is 1. The summed E-state index contributed by atoms with van der Waals surface area (Å²) in [5.74, 6) is 0.418. The molecule has 0 aliphatic heterocycles. The molecule has 0 saturated carbocycles. The first-order valence-electron chi connectivity index (χ1n) is 5.66. The van der Waals surface area contributed by atoms with Crippen molar-refractivity contribution in [3.63, 3.8) is 0 Å². The van der Waals surface area contributed by atoms with E-state index in [0.717, 1.165) is 0 Å². The Hall–Kier alpha value is -1.63. The van der Waals surface area contributed by atoms with Crippen molar-refractivity contribution in [2.24, 2.45) is 0 Å². The van der Waals surface area contributed by atoms with E-state index in [1.54, 1.807) is 0 Å². The quantitative estimate of drug-likeness (QED) is 0.745. The minimum atomic E-state index is -0.234. The zero-order valence-electron chi connectivity index (χ0n) is 11.4. The number of nitrogens with zero attached hydrogens (tertiary/aromatic N) is 3. The van der Waals surface area contributed by atoms with Gasteiger partial charge in [0.25, 0.3) is 0 Å². The maximum absolute atomic E-state index is 9.17. The highest BCUT2D eigenvalue weighted by Gasteiger charge is 2.27. The van der Waals surface area contributed by atoms with Crippen LogP contribution in [-0.4, -0.2) is 9.97 Å². The van der Waals surface area contributed by atoms with Crippen molar-refractivity contribution in [3.05, 3.63) is 17.1 Å². The summed E-state index contributed by atoms with van der Waals surface area (Å²) in [4.78, 5) is 8.75. The third kappa shape index (κ3) is 2.73. The molecule has 0 aromatic carbocycles. The van der Waals surface area contributed by atoms with E-state index in [2.05, 4.69) is 16.0 Å². The van der Waals surface area contributed by atoms with Gasteiger partial charge in [0.2, 0.25) is 0 Å². The van der Waals surface area contributed by atoms with Crippen LogP contribution in [-0.2, 0) is 10.8 Å². The van der Waals surface area contributed by atoms with Crippen molar-refractivity contribution in [2.45, 2.75) is 52.4 Å². The predicted octanol–water partition coefficient (Wildman–Crippen LogP) is 2.53. The van der Waals surface area contributed by atoms with E-state index < -0.39 is 0 Å². The topological polar surface area (TPSA) is 75.6 Å². The Morgan fingerprint density at radius 3 is 1.76 bits per heavy atom. The lowest BCUT2D eigenvalue weighted by Gasteiger charge is -2.24. The standard InChI is InChI=1S/C13H20N4/c1-12(2,3)9-8(7-14)16-10(11(15)17-9)13(4,5)6/h1-6H3,(H2,15,17). The van der Waals surface area contributed by atoms with Crippen LogP contribution >= 0.6 is 0 Å².